The van der Waals surface area contributed by atoms with Gasteiger partial charge >= 0.3 is 13.8 Å². The van der Waals surface area contributed by atoms with Gasteiger partial charge < -0.3 is 20.1 Å². The maximum atomic E-state index is 12.7. The van der Waals surface area contributed by atoms with Gasteiger partial charge in [-0.3, -0.25) is 13.8 Å². The molecule has 2 atom stereocenters. The van der Waals surface area contributed by atoms with Crippen LogP contribution >= 0.6 is 7.82 Å². The number of phosphoric acid groups is 1. The third kappa shape index (κ3) is 47.8. The van der Waals surface area contributed by atoms with E-state index in [-0.39, 0.29) is 32.3 Å². The highest BCUT2D eigenvalue weighted by Gasteiger charge is 2.25. The molecule has 0 spiro atoms. The summed E-state index contributed by atoms with van der Waals surface area (Å²) >= 11 is 0. The summed E-state index contributed by atoms with van der Waals surface area (Å²) in [7, 11) is -4.28. The van der Waals surface area contributed by atoms with Gasteiger partial charge in [-0.25, -0.2) is 4.57 Å². The Kier molecular flexibility index (Phi) is 47.7. The van der Waals surface area contributed by atoms with Crippen molar-refractivity contribution in [2.24, 2.45) is 5.73 Å². The molecule has 2 unspecified atom stereocenters. The standard InChI is InChI=1S/C51H98NO7P/c1-3-5-7-9-11-13-15-17-19-21-23-25-26-28-30-32-34-36-38-40-42-44-51(53)59-50(49-58-60(54,55)57-47-45-52)48-56-46-43-41-39-37-35-33-31-29-27-24-22-20-18-16-14-12-10-8-6-4-2/h12,14,18,20-21,23,50H,3-11,13,15-17,19,22,24-49,52H2,1-2H3,(H,54,55)/b14-12-,20-18-,23-21-. The van der Waals surface area contributed by atoms with Crippen LogP contribution in [0.3, 0.4) is 0 Å². The Bertz CT molecular complexity index is 1020. The number of hydrogen-bond acceptors (Lipinski definition) is 7. The lowest BCUT2D eigenvalue weighted by atomic mass is 10.1. The van der Waals surface area contributed by atoms with Gasteiger partial charge in [0.2, 0.25) is 0 Å². The molecule has 60 heavy (non-hydrogen) atoms. The summed E-state index contributed by atoms with van der Waals surface area (Å²) in [5, 5.41) is 0. The summed E-state index contributed by atoms with van der Waals surface area (Å²) < 4.78 is 33.6. The van der Waals surface area contributed by atoms with Gasteiger partial charge in [0, 0.05) is 19.6 Å². The molecule has 9 heteroatoms. The van der Waals surface area contributed by atoms with E-state index < -0.39 is 13.9 Å². The Hall–Kier alpha value is -1.28. The van der Waals surface area contributed by atoms with Crippen molar-refractivity contribution in [1.82, 2.24) is 0 Å². The van der Waals surface area contributed by atoms with Crippen LogP contribution in [-0.4, -0.2) is 49.9 Å². The fourth-order valence-corrected chi connectivity index (χ4v) is 8.02. The highest BCUT2D eigenvalue weighted by molar-refractivity contribution is 7.47. The van der Waals surface area contributed by atoms with Crippen LogP contribution in [0.25, 0.3) is 0 Å². The van der Waals surface area contributed by atoms with Crippen LogP contribution in [-0.2, 0) is 27.9 Å². The maximum absolute atomic E-state index is 12.7. The number of rotatable bonds is 49. The lowest BCUT2D eigenvalue weighted by molar-refractivity contribution is -0.154. The zero-order valence-corrected chi connectivity index (χ0v) is 40.3. The van der Waals surface area contributed by atoms with Gasteiger partial charge in [-0.15, -0.1) is 0 Å². The molecular weight excluding hydrogens is 770 g/mol. The second kappa shape index (κ2) is 48.7. The quantitative estimate of drug-likeness (QED) is 0.0269. The summed E-state index contributed by atoms with van der Waals surface area (Å²) in [6, 6.07) is 0. The Morgan fingerprint density at radius 2 is 0.883 bits per heavy atom. The number of carbonyl (C=O) groups is 1. The minimum Gasteiger partial charge on any atom is -0.457 e. The second-order valence-corrected chi connectivity index (χ2v) is 18.5. The SMILES string of the molecule is CCCCC/C=C\C/C=C\CCCCCCCCCCCCOCC(COP(=O)(O)OCCN)OC(=O)CCCCCCCCCCC/C=C\CCCCCCCCCC. The second-order valence-electron chi connectivity index (χ2n) is 17.0. The first kappa shape index (κ1) is 58.7. The molecule has 0 saturated carbocycles. The Labute approximate surface area is 371 Å². The van der Waals surface area contributed by atoms with Crippen molar-refractivity contribution >= 4 is 13.8 Å². The van der Waals surface area contributed by atoms with Crippen molar-refractivity contribution in [3.05, 3.63) is 36.5 Å². The van der Waals surface area contributed by atoms with Crippen LogP contribution in [0.15, 0.2) is 36.5 Å². The van der Waals surface area contributed by atoms with E-state index in [1.54, 1.807) is 0 Å². The van der Waals surface area contributed by atoms with E-state index in [0.29, 0.717) is 13.0 Å². The lowest BCUT2D eigenvalue weighted by Gasteiger charge is -2.20. The number of allylic oxidation sites excluding steroid dienone is 6. The van der Waals surface area contributed by atoms with Crippen molar-refractivity contribution < 1.29 is 32.8 Å². The van der Waals surface area contributed by atoms with E-state index in [9.17, 15) is 14.3 Å². The molecule has 0 fully saturated rings. The number of esters is 1. The molecular formula is C51H98NO7P. The zero-order valence-electron chi connectivity index (χ0n) is 39.5. The predicted octanol–water partition coefficient (Wildman–Crippen LogP) is 15.8. The summed E-state index contributed by atoms with van der Waals surface area (Å²) in [4.78, 5) is 22.6. The number of carbonyl (C=O) groups excluding carboxylic acids is 1. The molecule has 0 amide bonds. The smallest absolute Gasteiger partial charge is 0.457 e. The first-order chi connectivity index (χ1) is 29.4. The highest BCUT2D eigenvalue weighted by Crippen LogP contribution is 2.43. The molecule has 0 aliphatic carbocycles. The van der Waals surface area contributed by atoms with Gasteiger partial charge in [0.05, 0.1) is 19.8 Å². The van der Waals surface area contributed by atoms with Crippen LogP contribution in [0, 0.1) is 0 Å². The topological polar surface area (TPSA) is 117 Å². The molecule has 0 aromatic carbocycles. The molecule has 0 radical (unpaired) electrons. The number of nitrogens with two attached hydrogens (primary N) is 1. The third-order valence-electron chi connectivity index (χ3n) is 11.0. The molecule has 0 bridgehead atoms. The molecule has 8 nitrogen and oxygen atoms in total. The maximum Gasteiger partial charge on any atom is 0.472 e. The van der Waals surface area contributed by atoms with Gasteiger partial charge in [0.1, 0.15) is 6.10 Å². The van der Waals surface area contributed by atoms with Crippen molar-refractivity contribution in [2.75, 3.05) is 33.0 Å². The summed E-state index contributed by atoms with van der Waals surface area (Å²) in [5.41, 5.74) is 5.39. The number of unbranched alkanes of at least 4 members (excludes halogenated alkanes) is 30. The minimum absolute atomic E-state index is 0.0959. The number of hydrogen-bond donors (Lipinski definition) is 2. The summed E-state index contributed by atoms with van der Waals surface area (Å²) in [5.74, 6) is -0.331. The van der Waals surface area contributed by atoms with Crippen LogP contribution in [0.2, 0.25) is 0 Å². The molecule has 354 valence electrons. The average molecular weight is 868 g/mol. The fourth-order valence-electron chi connectivity index (χ4n) is 7.26. The van der Waals surface area contributed by atoms with Crippen molar-refractivity contribution in [1.29, 1.82) is 0 Å². The van der Waals surface area contributed by atoms with Gasteiger partial charge in [-0.05, 0) is 70.6 Å². The Balaban J connectivity index is 3.94. The molecule has 0 saturated heterocycles. The minimum atomic E-state index is -4.28. The van der Waals surface area contributed by atoms with E-state index >= 15 is 0 Å². The molecule has 0 aromatic heterocycles. The molecule has 0 aliphatic heterocycles. The normalized spacial score (nSPS) is 13.6. The van der Waals surface area contributed by atoms with E-state index in [2.05, 4.69) is 50.3 Å². The van der Waals surface area contributed by atoms with Crippen molar-refractivity contribution in [3.8, 4) is 0 Å². The largest absolute Gasteiger partial charge is 0.472 e. The number of phosphoric ester groups is 1. The molecule has 0 rings (SSSR count). The average Bonchev–Trinajstić information content (AvgIpc) is 3.24. The summed E-state index contributed by atoms with van der Waals surface area (Å²) in [6.45, 7) is 4.93. The van der Waals surface area contributed by atoms with E-state index in [4.69, 9.17) is 24.3 Å². The molecule has 3 N–H and O–H groups in total. The Morgan fingerprint density at radius 1 is 0.500 bits per heavy atom. The van der Waals surface area contributed by atoms with E-state index in [1.165, 1.54) is 186 Å². The fraction of sp³-hybridized carbons (Fsp3) is 0.863. The van der Waals surface area contributed by atoms with Gasteiger partial charge in [-0.1, -0.05) is 204 Å². The highest BCUT2D eigenvalue weighted by atomic mass is 31.2. The van der Waals surface area contributed by atoms with Crippen molar-refractivity contribution in [2.45, 2.75) is 251 Å². The van der Waals surface area contributed by atoms with Crippen LogP contribution in [0.1, 0.15) is 245 Å². The predicted molar refractivity (Wildman–Crippen MR) is 256 cm³/mol. The monoisotopic (exact) mass is 868 g/mol. The van der Waals surface area contributed by atoms with Crippen molar-refractivity contribution in [3.63, 3.8) is 0 Å². The van der Waals surface area contributed by atoms with E-state index in [1.807, 2.05) is 0 Å². The molecule has 0 aromatic rings. The lowest BCUT2D eigenvalue weighted by Crippen LogP contribution is -2.28. The van der Waals surface area contributed by atoms with Crippen LogP contribution in [0.5, 0.6) is 0 Å². The summed E-state index contributed by atoms with van der Waals surface area (Å²) in [6.07, 6.45) is 57.4. The number of ether oxygens (including phenoxy) is 2. The van der Waals surface area contributed by atoms with Gasteiger partial charge in [-0.2, -0.15) is 0 Å². The van der Waals surface area contributed by atoms with Crippen LogP contribution in [0.4, 0.5) is 0 Å². The zero-order chi connectivity index (χ0) is 43.7. The molecule has 0 heterocycles. The molecule has 0 aliphatic rings. The third-order valence-corrected chi connectivity index (χ3v) is 12.0. The van der Waals surface area contributed by atoms with E-state index in [0.717, 1.165) is 38.5 Å². The Morgan fingerprint density at radius 3 is 1.35 bits per heavy atom. The van der Waals surface area contributed by atoms with Crippen LogP contribution < -0.4 is 5.73 Å². The van der Waals surface area contributed by atoms with Gasteiger partial charge in [0.15, 0.2) is 0 Å². The first-order valence-corrected chi connectivity index (χ1v) is 27.0. The first-order valence-electron chi connectivity index (χ1n) is 25.5. The van der Waals surface area contributed by atoms with Gasteiger partial charge in [0.25, 0.3) is 0 Å².